The first kappa shape index (κ1) is 13.9. The van der Waals surface area contributed by atoms with Gasteiger partial charge in [-0.1, -0.05) is 46.3 Å². The summed E-state index contributed by atoms with van der Waals surface area (Å²) >= 11 is 3.54. The number of carbonyl (C=O) groups excluding carboxylic acids is 1. The highest BCUT2D eigenvalue weighted by atomic mass is 79.9. The van der Waals surface area contributed by atoms with Crippen molar-refractivity contribution in [2.45, 2.75) is 6.42 Å². The third kappa shape index (κ3) is 2.03. The Labute approximate surface area is 147 Å². The Morgan fingerprint density at radius 3 is 2.38 bits per heavy atom. The lowest BCUT2D eigenvalue weighted by Gasteiger charge is -2.13. The number of benzene rings is 4. The second kappa shape index (κ2) is 5.02. The summed E-state index contributed by atoms with van der Waals surface area (Å²) in [5, 5.41) is 7.16. The molecule has 0 atom stereocenters. The van der Waals surface area contributed by atoms with E-state index in [1.807, 2.05) is 6.08 Å². The van der Waals surface area contributed by atoms with E-state index in [1.54, 1.807) is 0 Å². The second-order valence-electron chi connectivity index (χ2n) is 6.32. The highest BCUT2D eigenvalue weighted by Crippen LogP contribution is 2.33. The number of fused-ring (bicyclic) bond motifs is 5. The van der Waals surface area contributed by atoms with Gasteiger partial charge < -0.3 is 0 Å². The van der Waals surface area contributed by atoms with Crippen LogP contribution in [0.1, 0.15) is 22.3 Å². The smallest absolute Gasteiger partial charge is 0.167 e. The number of ketones is 1. The molecule has 1 aliphatic carbocycles. The van der Waals surface area contributed by atoms with Crippen LogP contribution in [0.4, 0.5) is 0 Å². The van der Waals surface area contributed by atoms with Crippen LogP contribution in [0, 0.1) is 0 Å². The van der Waals surface area contributed by atoms with E-state index in [0.29, 0.717) is 6.42 Å². The van der Waals surface area contributed by atoms with Gasteiger partial charge in [0.25, 0.3) is 0 Å². The van der Waals surface area contributed by atoms with Crippen molar-refractivity contribution in [1.82, 2.24) is 0 Å². The molecule has 0 aromatic heterocycles. The molecule has 5 rings (SSSR count). The first-order valence-electron chi connectivity index (χ1n) is 7.99. The third-order valence-electron chi connectivity index (χ3n) is 4.83. The minimum Gasteiger partial charge on any atom is -0.294 e. The predicted octanol–water partition coefficient (Wildman–Crippen LogP) is 6.51. The number of Topliss-reactive ketones (excluding diaryl/α,β-unsaturated/α-hetero) is 1. The molecule has 0 amide bonds. The van der Waals surface area contributed by atoms with Crippen molar-refractivity contribution in [1.29, 1.82) is 0 Å². The molecule has 0 unspecified atom stereocenters. The molecule has 1 nitrogen and oxygen atoms in total. The number of halogens is 1. The van der Waals surface area contributed by atoms with Crippen LogP contribution in [-0.4, -0.2) is 5.78 Å². The van der Waals surface area contributed by atoms with Gasteiger partial charge in [0.1, 0.15) is 0 Å². The zero-order chi connectivity index (χ0) is 16.3. The van der Waals surface area contributed by atoms with Crippen molar-refractivity contribution < 1.29 is 4.79 Å². The summed E-state index contributed by atoms with van der Waals surface area (Å²) in [4.78, 5) is 12.3. The van der Waals surface area contributed by atoms with Gasteiger partial charge in [0.2, 0.25) is 0 Å². The first-order chi connectivity index (χ1) is 11.7. The Kier molecular flexibility index (Phi) is 2.92. The Morgan fingerprint density at radius 1 is 0.750 bits per heavy atom. The van der Waals surface area contributed by atoms with E-state index in [9.17, 15) is 4.79 Å². The fourth-order valence-corrected chi connectivity index (χ4v) is 4.00. The molecule has 24 heavy (non-hydrogen) atoms. The van der Waals surface area contributed by atoms with Crippen molar-refractivity contribution in [2.24, 2.45) is 0 Å². The van der Waals surface area contributed by atoms with Gasteiger partial charge in [0.05, 0.1) is 0 Å². The van der Waals surface area contributed by atoms with Gasteiger partial charge in [-0.05, 0) is 74.3 Å². The van der Waals surface area contributed by atoms with Gasteiger partial charge >= 0.3 is 0 Å². The van der Waals surface area contributed by atoms with E-state index < -0.39 is 0 Å². The van der Waals surface area contributed by atoms with Gasteiger partial charge in [0.15, 0.2) is 5.78 Å². The summed E-state index contributed by atoms with van der Waals surface area (Å²) in [6.45, 7) is 0. The normalized spacial score (nSPS) is 13.8. The van der Waals surface area contributed by atoms with Gasteiger partial charge in [-0.3, -0.25) is 4.79 Å². The lowest BCUT2D eigenvalue weighted by atomic mass is 9.90. The number of rotatable bonds is 0. The molecular weight excluding hydrogens is 360 g/mol. The Balaban J connectivity index is 1.92. The molecule has 114 valence electrons. The zero-order valence-electron chi connectivity index (χ0n) is 12.8. The summed E-state index contributed by atoms with van der Waals surface area (Å²) in [6, 6.07) is 19.3. The average Bonchev–Trinajstić information content (AvgIpc) is 2.59. The van der Waals surface area contributed by atoms with E-state index in [-0.39, 0.29) is 5.78 Å². The molecule has 0 fully saturated rings. The third-order valence-corrected chi connectivity index (χ3v) is 5.32. The summed E-state index contributed by atoms with van der Waals surface area (Å²) < 4.78 is 1.08. The predicted molar refractivity (Wildman–Crippen MR) is 105 cm³/mol. The molecule has 0 heterocycles. The van der Waals surface area contributed by atoms with Crippen molar-refractivity contribution in [3.05, 3.63) is 76.3 Å². The molecule has 0 saturated carbocycles. The van der Waals surface area contributed by atoms with Crippen molar-refractivity contribution in [3.63, 3.8) is 0 Å². The Morgan fingerprint density at radius 2 is 1.50 bits per heavy atom. The fraction of sp³-hybridized carbons (Fsp3) is 0.0455. The summed E-state index contributed by atoms with van der Waals surface area (Å²) in [5.41, 5.74) is 1.87. The van der Waals surface area contributed by atoms with Crippen LogP contribution < -0.4 is 0 Å². The Bertz CT molecular complexity index is 1200. The summed E-state index contributed by atoms with van der Waals surface area (Å²) in [5.74, 6) is 0.205. The molecule has 0 N–H and O–H groups in total. The van der Waals surface area contributed by atoms with Crippen LogP contribution in [-0.2, 0) is 0 Å². The SMILES string of the molecule is O=C1CC=Cc2cc3ccc4cc5cc(Br)ccc5cc4c3cc21. The number of allylic oxidation sites excluding steroid dienone is 1. The number of carbonyl (C=O) groups is 1. The maximum absolute atomic E-state index is 12.3. The fourth-order valence-electron chi connectivity index (χ4n) is 3.62. The summed E-state index contributed by atoms with van der Waals surface area (Å²) in [7, 11) is 0. The minimum atomic E-state index is 0.205. The molecule has 0 aliphatic heterocycles. The topological polar surface area (TPSA) is 17.1 Å². The van der Waals surface area contributed by atoms with Crippen molar-refractivity contribution in [2.75, 3.05) is 0 Å². The van der Waals surface area contributed by atoms with Gasteiger partial charge in [-0.25, -0.2) is 0 Å². The minimum absolute atomic E-state index is 0.205. The Hall–Kier alpha value is -2.45. The van der Waals surface area contributed by atoms with E-state index >= 15 is 0 Å². The van der Waals surface area contributed by atoms with Crippen molar-refractivity contribution >= 4 is 60.1 Å². The monoisotopic (exact) mass is 372 g/mol. The molecule has 1 aliphatic rings. The van der Waals surface area contributed by atoms with E-state index in [2.05, 4.69) is 76.6 Å². The molecule has 0 radical (unpaired) electrons. The largest absolute Gasteiger partial charge is 0.294 e. The molecule has 0 spiro atoms. The molecular formula is C22H13BrO. The van der Waals surface area contributed by atoms with Crippen molar-refractivity contribution in [3.8, 4) is 0 Å². The molecule has 4 aromatic carbocycles. The highest BCUT2D eigenvalue weighted by Gasteiger charge is 2.15. The lowest BCUT2D eigenvalue weighted by molar-refractivity contribution is 0.0994. The van der Waals surface area contributed by atoms with Crippen LogP contribution in [0.5, 0.6) is 0 Å². The molecule has 4 aromatic rings. The van der Waals surface area contributed by atoms with Crippen LogP contribution in [0.25, 0.3) is 38.4 Å². The van der Waals surface area contributed by atoms with Gasteiger partial charge in [-0.2, -0.15) is 0 Å². The maximum Gasteiger partial charge on any atom is 0.167 e. The van der Waals surface area contributed by atoms with E-state index in [4.69, 9.17) is 0 Å². The molecule has 0 bridgehead atoms. The van der Waals surface area contributed by atoms with E-state index in [0.717, 1.165) is 21.0 Å². The standard InChI is InChI=1S/C22H13BrO/c23-18-7-6-13-11-19-16(9-17(13)10-18)5-4-15-8-14-2-1-3-22(24)21(14)12-20(15)19/h1-2,4-12H,3H2. The highest BCUT2D eigenvalue weighted by molar-refractivity contribution is 9.10. The zero-order valence-corrected chi connectivity index (χ0v) is 14.4. The van der Waals surface area contributed by atoms with Crippen LogP contribution >= 0.6 is 15.9 Å². The van der Waals surface area contributed by atoms with Gasteiger partial charge in [0, 0.05) is 16.5 Å². The molecule has 2 heteroatoms. The van der Waals surface area contributed by atoms with Crippen LogP contribution in [0.2, 0.25) is 0 Å². The quantitative estimate of drug-likeness (QED) is 0.254. The lowest BCUT2D eigenvalue weighted by Crippen LogP contribution is -2.04. The first-order valence-corrected chi connectivity index (χ1v) is 8.78. The number of hydrogen-bond acceptors (Lipinski definition) is 1. The second-order valence-corrected chi connectivity index (χ2v) is 7.24. The van der Waals surface area contributed by atoms with Gasteiger partial charge in [-0.15, -0.1) is 0 Å². The van der Waals surface area contributed by atoms with E-state index in [1.165, 1.54) is 26.9 Å². The number of hydrogen-bond donors (Lipinski definition) is 0. The molecule has 0 saturated heterocycles. The maximum atomic E-state index is 12.3. The summed E-state index contributed by atoms with van der Waals surface area (Å²) in [6.07, 6.45) is 4.50. The van der Waals surface area contributed by atoms with Crippen LogP contribution in [0.15, 0.2) is 65.1 Å². The van der Waals surface area contributed by atoms with Crippen LogP contribution in [0.3, 0.4) is 0 Å². The average molecular weight is 373 g/mol.